The van der Waals surface area contributed by atoms with Crippen LogP contribution in [0.15, 0.2) is 35.3 Å². The van der Waals surface area contributed by atoms with Gasteiger partial charge in [-0.15, -0.1) is 0 Å². The number of amidine groups is 1. The number of nitrogens with zero attached hydrogens (tertiary/aromatic N) is 1. The Morgan fingerprint density at radius 3 is 2.25 bits per heavy atom. The first-order valence-electron chi connectivity index (χ1n) is 5.59. The molecule has 0 aliphatic heterocycles. The molecule has 0 atom stereocenters. The van der Waals surface area contributed by atoms with Gasteiger partial charge in [0.05, 0.1) is 0 Å². The molecule has 0 fully saturated rings. The summed E-state index contributed by atoms with van der Waals surface area (Å²) in [5.41, 5.74) is 3.73. The van der Waals surface area contributed by atoms with E-state index in [1.165, 1.54) is 5.56 Å². The number of hydrazine groups is 1. The molecule has 88 valence electrons. The van der Waals surface area contributed by atoms with Gasteiger partial charge in [0.25, 0.3) is 0 Å². The third-order valence-corrected chi connectivity index (χ3v) is 2.61. The lowest BCUT2D eigenvalue weighted by Gasteiger charge is -2.27. The van der Waals surface area contributed by atoms with Gasteiger partial charge in [0.1, 0.15) is 5.84 Å². The van der Waals surface area contributed by atoms with Gasteiger partial charge >= 0.3 is 0 Å². The number of hydrogen-bond acceptors (Lipinski definition) is 2. The van der Waals surface area contributed by atoms with Gasteiger partial charge in [0.15, 0.2) is 0 Å². The molecule has 3 nitrogen and oxygen atoms in total. The number of nitrogens with two attached hydrogens (primary N) is 1. The fourth-order valence-electron chi connectivity index (χ4n) is 1.63. The fraction of sp³-hybridized carbons (Fsp3) is 0.462. The van der Waals surface area contributed by atoms with Crippen molar-refractivity contribution in [2.75, 3.05) is 0 Å². The Balaban J connectivity index is 3.09. The van der Waals surface area contributed by atoms with Crippen molar-refractivity contribution in [1.29, 1.82) is 0 Å². The van der Waals surface area contributed by atoms with Crippen LogP contribution >= 0.6 is 0 Å². The SMILES string of the molecule is CC(C)N=C(NN)C(C)(C)c1ccccc1. The number of rotatable bonds is 3. The molecule has 0 aliphatic rings. The predicted octanol–water partition coefficient (Wildman–Crippen LogP) is 2.23. The summed E-state index contributed by atoms with van der Waals surface area (Å²) >= 11 is 0. The molecule has 3 N–H and O–H groups in total. The van der Waals surface area contributed by atoms with Gasteiger partial charge in [-0.3, -0.25) is 4.99 Å². The average Bonchev–Trinajstić information content (AvgIpc) is 2.26. The van der Waals surface area contributed by atoms with Crippen molar-refractivity contribution in [2.45, 2.75) is 39.2 Å². The van der Waals surface area contributed by atoms with Crippen LogP contribution < -0.4 is 11.3 Å². The van der Waals surface area contributed by atoms with E-state index >= 15 is 0 Å². The molecule has 0 amide bonds. The Morgan fingerprint density at radius 1 is 1.25 bits per heavy atom. The van der Waals surface area contributed by atoms with Crippen molar-refractivity contribution in [2.24, 2.45) is 10.8 Å². The lowest BCUT2D eigenvalue weighted by molar-refractivity contribution is 0.662. The zero-order chi connectivity index (χ0) is 12.2. The smallest absolute Gasteiger partial charge is 0.121 e. The molecule has 0 saturated heterocycles. The van der Waals surface area contributed by atoms with Crippen LogP contribution in [-0.2, 0) is 5.41 Å². The lowest BCUT2D eigenvalue weighted by atomic mass is 9.83. The summed E-state index contributed by atoms with van der Waals surface area (Å²) in [5.74, 6) is 6.38. The maximum atomic E-state index is 5.56. The highest BCUT2D eigenvalue weighted by Gasteiger charge is 2.26. The highest BCUT2D eigenvalue weighted by atomic mass is 15.3. The van der Waals surface area contributed by atoms with Crippen molar-refractivity contribution < 1.29 is 0 Å². The van der Waals surface area contributed by atoms with E-state index in [-0.39, 0.29) is 11.5 Å². The van der Waals surface area contributed by atoms with E-state index in [0.717, 1.165) is 5.84 Å². The molecule has 0 heterocycles. The summed E-state index contributed by atoms with van der Waals surface area (Å²) in [4.78, 5) is 4.52. The van der Waals surface area contributed by atoms with E-state index < -0.39 is 0 Å². The maximum absolute atomic E-state index is 5.56. The van der Waals surface area contributed by atoms with Crippen molar-refractivity contribution in [3.8, 4) is 0 Å². The molecule has 0 aromatic heterocycles. The molecule has 1 aromatic rings. The van der Waals surface area contributed by atoms with E-state index in [1.807, 2.05) is 32.0 Å². The second-order valence-electron chi connectivity index (χ2n) is 4.71. The molecule has 0 unspecified atom stereocenters. The molecule has 16 heavy (non-hydrogen) atoms. The number of aliphatic imine (C=N–C) groups is 1. The van der Waals surface area contributed by atoms with Gasteiger partial charge in [-0.25, -0.2) is 5.84 Å². The summed E-state index contributed by atoms with van der Waals surface area (Å²) in [7, 11) is 0. The van der Waals surface area contributed by atoms with Crippen LogP contribution in [0.4, 0.5) is 0 Å². The fourth-order valence-corrected chi connectivity index (χ4v) is 1.63. The molecule has 0 saturated carbocycles. The molecular formula is C13H21N3. The standard InChI is InChI=1S/C13H21N3/c1-10(2)15-12(16-14)13(3,4)11-8-6-5-7-9-11/h5-10H,14H2,1-4H3,(H,15,16). The van der Waals surface area contributed by atoms with E-state index in [9.17, 15) is 0 Å². The first-order valence-corrected chi connectivity index (χ1v) is 5.59. The highest BCUT2D eigenvalue weighted by Crippen LogP contribution is 2.23. The number of benzene rings is 1. The normalized spacial score (nSPS) is 13.0. The molecular weight excluding hydrogens is 198 g/mol. The summed E-state index contributed by atoms with van der Waals surface area (Å²) in [6.07, 6.45) is 0. The summed E-state index contributed by atoms with van der Waals surface area (Å²) in [5, 5.41) is 0. The second kappa shape index (κ2) is 5.12. The third-order valence-electron chi connectivity index (χ3n) is 2.61. The Kier molecular flexibility index (Phi) is 4.07. The van der Waals surface area contributed by atoms with Gasteiger partial charge in [0.2, 0.25) is 0 Å². The van der Waals surface area contributed by atoms with Gasteiger partial charge in [-0.1, -0.05) is 30.3 Å². The summed E-state index contributed by atoms with van der Waals surface area (Å²) < 4.78 is 0. The molecule has 0 spiro atoms. The largest absolute Gasteiger partial charge is 0.312 e. The van der Waals surface area contributed by atoms with Crippen LogP contribution in [0.2, 0.25) is 0 Å². The van der Waals surface area contributed by atoms with Crippen molar-refractivity contribution in [3.05, 3.63) is 35.9 Å². The zero-order valence-electron chi connectivity index (χ0n) is 10.5. The quantitative estimate of drug-likeness (QED) is 0.354. The van der Waals surface area contributed by atoms with Crippen molar-refractivity contribution >= 4 is 5.84 Å². The van der Waals surface area contributed by atoms with Crippen molar-refractivity contribution in [3.63, 3.8) is 0 Å². The van der Waals surface area contributed by atoms with Crippen LogP contribution in [0.25, 0.3) is 0 Å². The van der Waals surface area contributed by atoms with E-state index in [2.05, 4.69) is 36.4 Å². The molecule has 1 rings (SSSR count). The van der Waals surface area contributed by atoms with Crippen LogP contribution in [-0.4, -0.2) is 11.9 Å². The molecule has 0 bridgehead atoms. The summed E-state index contributed by atoms with van der Waals surface area (Å²) in [6.45, 7) is 8.31. The van der Waals surface area contributed by atoms with Gasteiger partial charge in [-0.2, -0.15) is 0 Å². The Labute approximate surface area is 97.7 Å². The summed E-state index contributed by atoms with van der Waals surface area (Å²) in [6, 6.07) is 10.5. The lowest BCUT2D eigenvalue weighted by Crippen LogP contribution is -2.44. The first-order chi connectivity index (χ1) is 7.48. The van der Waals surface area contributed by atoms with Crippen molar-refractivity contribution in [1.82, 2.24) is 5.43 Å². The van der Waals surface area contributed by atoms with Gasteiger partial charge in [0, 0.05) is 11.5 Å². The molecule has 0 radical (unpaired) electrons. The highest BCUT2D eigenvalue weighted by molar-refractivity contribution is 5.92. The second-order valence-corrected chi connectivity index (χ2v) is 4.71. The predicted molar refractivity (Wildman–Crippen MR) is 69.4 cm³/mol. The topological polar surface area (TPSA) is 50.4 Å². The van der Waals surface area contributed by atoms with Crippen LogP contribution in [0.1, 0.15) is 33.3 Å². The van der Waals surface area contributed by atoms with E-state index in [1.54, 1.807) is 0 Å². The zero-order valence-corrected chi connectivity index (χ0v) is 10.5. The van der Waals surface area contributed by atoms with Gasteiger partial charge < -0.3 is 5.43 Å². The monoisotopic (exact) mass is 219 g/mol. The minimum Gasteiger partial charge on any atom is -0.312 e. The minimum absolute atomic E-state index is 0.194. The Bertz CT molecular complexity index is 353. The molecule has 1 aromatic carbocycles. The molecule has 0 aliphatic carbocycles. The van der Waals surface area contributed by atoms with E-state index in [0.29, 0.717) is 0 Å². The molecule has 3 heteroatoms. The minimum atomic E-state index is -0.194. The Hall–Kier alpha value is -1.35. The van der Waals surface area contributed by atoms with Crippen LogP contribution in [0.3, 0.4) is 0 Å². The van der Waals surface area contributed by atoms with Crippen LogP contribution in [0, 0.1) is 0 Å². The Morgan fingerprint density at radius 2 is 1.81 bits per heavy atom. The number of nitrogens with one attached hydrogen (secondary N) is 1. The average molecular weight is 219 g/mol. The third kappa shape index (κ3) is 2.83. The van der Waals surface area contributed by atoms with Gasteiger partial charge in [-0.05, 0) is 33.3 Å². The first kappa shape index (κ1) is 12.7. The number of hydrogen-bond donors (Lipinski definition) is 2. The van der Waals surface area contributed by atoms with Crippen LogP contribution in [0.5, 0.6) is 0 Å². The van der Waals surface area contributed by atoms with E-state index in [4.69, 9.17) is 5.84 Å². The maximum Gasteiger partial charge on any atom is 0.121 e.